The Morgan fingerprint density at radius 1 is 1.26 bits per heavy atom. The van der Waals surface area contributed by atoms with Crippen molar-refractivity contribution in [2.24, 2.45) is 0 Å². The van der Waals surface area contributed by atoms with Crippen LogP contribution in [0.3, 0.4) is 0 Å². The Morgan fingerprint density at radius 2 is 1.89 bits per heavy atom. The molecule has 0 saturated carbocycles. The molecule has 0 radical (unpaired) electrons. The van der Waals surface area contributed by atoms with Crippen molar-refractivity contribution < 1.29 is 0 Å². The van der Waals surface area contributed by atoms with Gasteiger partial charge in [0.25, 0.3) is 5.56 Å². The maximum atomic E-state index is 11.7. The number of hydrogen-bond acceptors (Lipinski definition) is 4. The lowest BCUT2D eigenvalue weighted by molar-refractivity contribution is 1.25. The molecule has 2 rings (SSSR count). The fourth-order valence-electron chi connectivity index (χ4n) is 1.39. The van der Waals surface area contributed by atoms with Gasteiger partial charge in [-0.05, 0) is 23.8 Å². The monoisotopic (exact) mass is 331 g/mol. The minimum Gasteiger partial charge on any atom is -0.311 e. The first-order valence-electron chi connectivity index (χ1n) is 5.15. The molecular weight excluding hydrogens is 326 g/mol. The lowest BCUT2D eigenvalue weighted by Crippen LogP contribution is -2.20. The summed E-state index contributed by atoms with van der Waals surface area (Å²) in [4.78, 5) is 14.2. The van der Waals surface area contributed by atoms with Crippen LogP contribution >= 0.6 is 27.3 Å². The summed E-state index contributed by atoms with van der Waals surface area (Å²) in [5, 5.41) is 17.5. The third kappa shape index (κ3) is 3.00. The Hall–Kier alpha value is -2.15. The van der Waals surface area contributed by atoms with Gasteiger partial charge >= 0.3 is 0 Å². The van der Waals surface area contributed by atoms with Crippen LogP contribution in [0.2, 0.25) is 0 Å². The summed E-state index contributed by atoms with van der Waals surface area (Å²) in [7, 11) is 0. The molecular formula is C13H6BrN3OS. The van der Waals surface area contributed by atoms with Crippen LogP contribution in [0, 0.1) is 22.7 Å². The second-order valence-corrected chi connectivity index (χ2v) is 5.51. The van der Waals surface area contributed by atoms with Crippen molar-refractivity contribution in [1.82, 2.24) is 4.98 Å². The summed E-state index contributed by atoms with van der Waals surface area (Å²) in [5.41, 5.74) is 0.487. The van der Waals surface area contributed by atoms with Crippen molar-refractivity contribution in [3.63, 3.8) is 0 Å². The van der Waals surface area contributed by atoms with Crippen LogP contribution in [0.15, 0.2) is 33.5 Å². The molecule has 0 unspecified atom stereocenters. The highest BCUT2D eigenvalue weighted by molar-refractivity contribution is 9.10. The van der Waals surface area contributed by atoms with Crippen LogP contribution in [0.5, 0.6) is 0 Å². The van der Waals surface area contributed by atoms with Crippen LogP contribution in [0.25, 0.3) is 11.6 Å². The van der Waals surface area contributed by atoms with Gasteiger partial charge in [0.15, 0.2) is 5.57 Å². The molecule has 0 atom stereocenters. The first kappa shape index (κ1) is 13.3. The van der Waals surface area contributed by atoms with Gasteiger partial charge in [0.05, 0.1) is 4.53 Å². The number of aromatic nitrogens is 1. The molecule has 0 bridgehead atoms. The van der Waals surface area contributed by atoms with Crippen LogP contribution in [-0.4, -0.2) is 4.98 Å². The molecule has 0 amide bonds. The van der Waals surface area contributed by atoms with E-state index in [2.05, 4.69) is 20.9 Å². The van der Waals surface area contributed by atoms with Crippen molar-refractivity contribution in [3.8, 4) is 12.1 Å². The predicted molar refractivity (Wildman–Crippen MR) is 76.5 cm³/mol. The van der Waals surface area contributed by atoms with E-state index in [4.69, 9.17) is 10.5 Å². The number of halogens is 1. The average molecular weight is 332 g/mol. The maximum absolute atomic E-state index is 11.7. The molecule has 1 aromatic heterocycles. The van der Waals surface area contributed by atoms with Crippen LogP contribution < -0.4 is 14.8 Å². The molecule has 0 spiro atoms. The smallest absolute Gasteiger partial charge is 0.266 e. The summed E-state index contributed by atoms with van der Waals surface area (Å²) in [5.74, 6) is 0. The summed E-state index contributed by atoms with van der Waals surface area (Å²) in [6.45, 7) is 0. The van der Waals surface area contributed by atoms with Gasteiger partial charge < -0.3 is 4.98 Å². The zero-order chi connectivity index (χ0) is 13.8. The fourth-order valence-corrected chi connectivity index (χ4v) is 2.55. The molecule has 92 valence electrons. The van der Waals surface area contributed by atoms with Crippen molar-refractivity contribution in [3.05, 3.63) is 53.9 Å². The van der Waals surface area contributed by atoms with Crippen molar-refractivity contribution in [1.29, 1.82) is 10.5 Å². The van der Waals surface area contributed by atoms with E-state index in [0.29, 0.717) is 9.20 Å². The summed E-state index contributed by atoms with van der Waals surface area (Å²) in [6.07, 6.45) is 1.71. The van der Waals surface area contributed by atoms with Gasteiger partial charge in [-0.15, -0.1) is 11.3 Å². The molecule has 1 N–H and O–H groups in total. The quantitative estimate of drug-likeness (QED) is 0.853. The zero-order valence-electron chi connectivity index (χ0n) is 9.48. The Balaban J connectivity index is 2.64. The molecule has 19 heavy (non-hydrogen) atoms. The summed E-state index contributed by atoms with van der Waals surface area (Å²) in [6, 6.07) is 11.0. The number of rotatable bonds is 1. The van der Waals surface area contributed by atoms with Crippen molar-refractivity contribution in [2.75, 3.05) is 0 Å². The summed E-state index contributed by atoms with van der Waals surface area (Å²) < 4.78 is 1.70. The molecule has 2 aromatic rings. The van der Waals surface area contributed by atoms with Gasteiger partial charge in [-0.1, -0.05) is 28.1 Å². The van der Waals surface area contributed by atoms with E-state index in [1.54, 1.807) is 18.2 Å². The van der Waals surface area contributed by atoms with Crippen LogP contribution in [0.1, 0.15) is 5.56 Å². The third-order valence-electron chi connectivity index (χ3n) is 2.28. The molecule has 0 aliphatic heterocycles. The molecule has 1 heterocycles. The molecule has 1 aromatic carbocycles. The lowest BCUT2D eigenvalue weighted by atomic mass is 10.2. The number of benzene rings is 1. The lowest BCUT2D eigenvalue weighted by Gasteiger charge is -1.91. The Bertz CT molecular complexity index is 847. The van der Waals surface area contributed by atoms with E-state index in [1.807, 2.05) is 24.3 Å². The topological polar surface area (TPSA) is 80.4 Å². The SMILES string of the molecule is N#CC(C#N)=c1[nH]c(=O)/c(=C/c2ccc(Br)cc2)s1. The Kier molecular flexibility index (Phi) is 3.96. The van der Waals surface area contributed by atoms with E-state index in [1.165, 1.54) is 0 Å². The second-order valence-electron chi connectivity index (χ2n) is 3.54. The standard InChI is InChI=1S/C13H6BrN3OS/c14-10-3-1-8(2-4-10)5-11-12(18)17-13(19-11)9(6-15)7-16/h1-5H,(H,17,18)/b11-5-. The van der Waals surface area contributed by atoms with Crippen molar-refractivity contribution in [2.45, 2.75) is 0 Å². The highest BCUT2D eigenvalue weighted by atomic mass is 79.9. The number of nitrogens with zero attached hydrogens (tertiary/aromatic N) is 2. The first-order chi connectivity index (χ1) is 9.13. The van der Waals surface area contributed by atoms with E-state index in [9.17, 15) is 4.79 Å². The molecule has 0 aliphatic rings. The van der Waals surface area contributed by atoms with E-state index >= 15 is 0 Å². The normalized spacial score (nSPS) is 10.8. The van der Waals surface area contributed by atoms with Crippen LogP contribution in [0.4, 0.5) is 0 Å². The van der Waals surface area contributed by atoms with Crippen LogP contribution in [-0.2, 0) is 0 Å². The molecule has 0 saturated heterocycles. The maximum Gasteiger partial charge on any atom is 0.266 e. The molecule has 4 nitrogen and oxygen atoms in total. The highest BCUT2D eigenvalue weighted by Gasteiger charge is 2.00. The predicted octanol–water partition coefficient (Wildman–Crippen LogP) is 1.23. The number of hydrogen-bond donors (Lipinski definition) is 1. The fraction of sp³-hybridized carbons (Fsp3) is 0. The highest BCUT2D eigenvalue weighted by Crippen LogP contribution is 2.10. The summed E-state index contributed by atoms with van der Waals surface area (Å²) >= 11 is 4.43. The minimum absolute atomic E-state index is 0.0856. The Morgan fingerprint density at radius 3 is 2.47 bits per heavy atom. The van der Waals surface area contributed by atoms with Gasteiger partial charge in [0, 0.05) is 4.47 Å². The van der Waals surface area contributed by atoms with E-state index < -0.39 is 0 Å². The zero-order valence-corrected chi connectivity index (χ0v) is 11.9. The van der Waals surface area contributed by atoms with E-state index in [-0.39, 0.29) is 11.1 Å². The van der Waals surface area contributed by atoms with Gasteiger partial charge in [-0.2, -0.15) is 10.5 Å². The average Bonchev–Trinajstić information content (AvgIpc) is 2.75. The third-order valence-corrected chi connectivity index (χ3v) is 3.84. The molecule has 0 aliphatic carbocycles. The minimum atomic E-state index is -0.300. The first-order valence-corrected chi connectivity index (χ1v) is 6.76. The van der Waals surface area contributed by atoms with Gasteiger partial charge in [-0.3, -0.25) is 4.79 Å². The number of nitrogens with one attached hydrogen (secondary N) is 1. The number of aromatic amines is 1. The molecule has 6 heteroatoms. The number of nitriles is 2. The van der Waals surface area contributed by atoms with Gasteiger partial charge in [-0.25, -0.2) is 0 Å². The van der Waals surface area contributed by atoms with Gasteiger partial charge in [0.1, 0.15) is 16.8 Å². The second kappa shape index (κ2) is 5.66. The van der Waals surface area contributed by atoms with Gasteiger partial charge in [0.2, 0.25) is 0 Å². The largest absolute Gasteiger partial charge is 0.311 e. The number of thiazole rings is 1. The Labute approximate surface area is 120 Å². The van der Waals surface area contributed by atoms with Crippen molar-refractivity contribution >= 4 is 38.9 Å². The number of H-pyrrole nitrogens is 1. The molecule has 0 fully saturated rings. The van der Waals surface area contributed by atoms with E-state index in [0.717, 1.165) is 21.4 Å².